The number of amides is 2. The summed E-state index contributed by atoms with van der Waals surface area (Å²) in [4.78, 5) is 71.1. The van der Waals surface area contributed by atoms with Crippen molar-refractivity contribution < 1.29 is 33.1 Å². The van der Waals surface area contributed by atoms with Gasteiger partial charge >= 0.3 is 6.09 Å². The van der Waals surface area contributed by atoms with Crippen molar-refractivity contribution in [3.05, 3.63) is 35.9 Å². The fourth-order valence-electron chi connectivity index (χ4n) is 5.61. The molecule has 1 saturated heterocycles. The van der Waals surface area contributed by atoms with Gasteiger partial charge in [-0.05, 0) is 49.5 Å². The highest BCUT2D eigenvalue weighted by atomic mass is 19.1. The molecule has 2 amide bonds. The van der Waals surface area contributed by atoms with Crippen LogP contribution in [0.25, 0.3) is 0 Å². The van der Waals surface area contributed by atoms with Gasteiger partial charge in [-0.25, -0.2) is 9.18 Å². The number of hydrogen-bond acceptors (Lipinski definition) is 7. The Morgan fingerprint density at radius 2 is 1.73 bits per heavy atom. The zero-order valence-electron chi connectivity index (χ0n) is 27.0. The number of rotatable bonds is 19. The number of alkyl carbamates (subject to hydrolysis) is 1. The molecule has 0 bridgehead atoms. The molecule has 250 valence electrons. The Bertz CT molecular complexity index is 1170. The smallest absolute Gasteiger partial charge is 0.408 e. The number of alkyl halides is 1. The number of nitrogens with two attached hydrogens (primary N) is 2. The molecule has 1 heterocycles. The van der Waals surface area contributed by atoms with Gasteiger partial charge in [0.2, 0.25) is 5.91 Å². The van der Waals surface area contributed by atoms with Gasteiger partial charge in [-0.1, -0.05) is 58.0 Å². The predicted octanol–water partition coefficient (Wildman–Crippen LogP) is 3.72. The van der Waals surface area contributed by atoms with Gasteiger partial charge in [-0.3, -0.25) is 24.2 Å². The van der Waals surface area contributed by atoms with E-state index in [1.54, 1.807) is 0 Å². The van der Waals surface area contributed by atoms with E-state index in [0.29, 0.717) is 32.2 Å². The van der Waals surface area contributed by atoms with Crippen LogP contribution in [0.3, 0.4) is 0 Å². The second-order valence-electron chi connectivity index (χ2n) is 12.5. The number of carbonyl (C=O) groups excluding carboxylic acids is 5. The lowest BCUT2D eigenvalue weighted by molar-refractivity contribution is -0.144. The van der Waals surface area contributed by atoms with Crippen molar-refractivity contribution in [2.45, 2.75) is 91.3 Å². The minimum Gasteiger partial charge on any atom is -0.445 e. The molecule has 2 rings (SSSR count). The average Bonchev–Trinajstić information content (AvgIpc) is 3.49. The van der Waals surface area contributed by atoms with Gasteiger partial charge in [0.25, 0.3) is 0 Å². The first-order chi connectivity index (χ1) is 21.3. The monoisotopic (exact) mass is 631 g/mol. The fourth-order valence-corrected chi connectivity index (χ4v) is 5.61. The molecule has 12 heteroatoms. The Balaban J connectivity index is 2.10. The maximum absolute atomic E-state index is 13.9. The molecule has 0 saturated carbocycles. The summed E-state index contributed by atoms with van der Waals surface area (Å²) < 4.78 is 18.6. The number of ether oxygens (including phenoxy) is 1. The van der Waals surface area contributed by atoms with Gasteiger partial charge < -0.3 is 26.4 Å². The van der Waals surface area contributed by atoms with Gasteiger partial charge in [0.1, 0.15) is 13.3 Å². The zero-order chi connectivity index (χ0) is 33.5. The number of hydrogen-bond donors (Lipinski definition) is 3. The highest BCUT2D eigenvalue weighted by Gasteiger charge is 2.40. The van der Waals surface area contributed by atoms with Crippen molar-refractivity contribution in [3.8, 4) is 0 Å². The predicted molar refractivity (Wildman–Crippen MR) is 170 cm³/mol. The van der Waals surface area contributed by atoms with E-state index in [-0.39, 0.29) is 67.7 Å². The summed E-state index contributed by atoms with van der Waals surface area (Å²) in [5.41, 5.74) is 11.5. The lowest BCUT2D eigenvalue weighted by atomic mass is 9.85. The largest absolute Gasteiger partial charge is 0.445 e. The number of carbonyl (C=O) groups is 5. The van der Waals surface area contributed by atoms with Crippen LogP contribution in [0.15, 0.2) is 35.3 Å². The summed E-state index contributed by atoms with van der Waals surface area (Å²) in [5, 5.41) is 2.69. The Hall–Kier alpha value is -3.83. The number of likely N-dealkylation sites (tertiary alicyclic amines) is 1. The summed E-state index contributed by atoms with van der Waals surface area (Å²) in [6, 6.07) is 7.59. The van der Waals surface area contributed by atoms with E-state index in [4.69, 9.17) is 16.2 Å². The Morgan fingerprint density at radius 1 is 1.04 bits per heavy atom. The number of nitrogens with one attached hydrogen (secondary N) is 1. The first-order valence-electron chi connectivity index (χ1n) is 15.8. The standard InChI is InChI=1S/C33H50FN5O6/c1-21(2)16-26(38-33(44)45-20-23-10-6-5-7-11-23)28(40)18-25(22(3)4)31(43)39-15-9-13-27(39)29(41)17-24(30(42)19-34)12-8-14-37-32(35)36/h5-7,10-11,21-22,24-27H,8-9,12-20H2,1-4H3,(H,38,44)(H4,35,36,37)/t24-,25+,26+,27+/m1/s1. The maximum atomic E-state index is 13.9. The fraction of sp³-hybridized carbons (Fsp3) is 0.636. The first kappa shape index (κ1) is 37.4. The number of guanidine groups is 1. The molecule has 0 aliphatic carbocycles. The molecule has 1 aromatic rings. The molecule has 1 aromatic carbocycles. The van der Waals surface area contributed by atoms with Crippen LogP contribution in [-0.4, -0.2) is 72.1 Å². The van der Waals surface area contributed by atoms with Crippen LogP contribution in [0.4, 0.5) is 9.18 Å². The van der Waals surface area contributed by atoms with Crippen LogP contribution in [0.2, 0.25) is 0 Å². The summed E-state index contributed by atoms with van der Waals surface area (Å²) in [6.07, 6.45) is 1.03. The highest BCUT2D eigenvalue weighted by Crippen LogP contribution is 2.28. The third-order valence-corrected chi connectivity index (χ3v) is 8.09. The number of nitrogens with zero attached hydrogens (tertiary/aromatic N) is 2. The zero-order valence-corrected chi connectivity index (χ0v) is 27.0. The first-order valence-corrected chi connectivity index (χ1v) is 15.8. The Morgan fingerprint density at radius 3 is 2.33 bits per heavy atom. The van der Waals surface area contributed by atoms with E-state index in [1.807, 2.05) is 58.0 Å². The average molecular weight is 632 g/mol. The van der Waals surface area contributed by atoms with Crippen LogP contribution in [-0.2, 0) is 30.5 Å². The molecule has 45 heavy (non-hydrogen) atoms. The van der Waals surface area contributed by atoms with E-state index >= 15 is 0 Å². The van der Waals surface area contributed by atoms with Crippen LogP contribution >= 0.6 is 0 Å². The molecule has 5 N–H and O–H groups in total. The van der Waals surface area contributed by atoms with Crippen LogP contribution in [0.5, 0.6) is 0 Å². The van der Waals surface area contributed by atoms with Crippen molar-refractivity contribution >= 4 is 35.3 Å². The lowest BCUT2D eigenvalue weighted by Gasteiger charge is -2.31. The van der Waals surface area contributed by atoms with Gasteiger partial charge in [0.15, 0.2) is 23.3 Å². The van der Waals surface area contributed by atoms with Crippen molar-refractivity contribution in [3.63, 3.8) is 0 Å². The van der Waals surface area contributed by atoms with Crippen LogP contribution in [0.1, 0.15) is 78.2 Å². The normalized spacial score (nSPS) is 16.6. The topological polar surface area (TPSA) is 174 Å². The third-order valence-electron chi connectivity index (χ3n) is 8.09. The number of aliphatic imine (C=N–C) groups is 1. The molecule has 0 radical (unpaired) electrons. The molecular formula is C33H50FN5O6. The van der Waals surface area contributed by atoms with Crippen molar-refractivity contribution in [1.29, 1.82) is 0 Å². The summed E-state index contributed by atoms with van der Waals surface area (Å²) >= 11 is 0. The summed E-state index contributed by atoms with van der Waals surface area (Å²) in [7, 11) is 0. The van der Waals surface area contributed by atoms with E-state index in [2.05, 4.69) is 10.3 Å². The third kappa shape index (κ3) is 12.6. The van der Waals surface area contributed by atoms with Crippen molar-refractivity contribution in [1.82, 2.24) is 10.2 Å². The molecule has 4 atom stereocenters. The van der Waals surface area contributed by atoms with Gasteiger partial charge in [-0.15, -0.1) is 0 Å². The quantitative estimate of drug-likeness (QED) is 0.118. The summed E-state index contributed by atoms with van der Waals surface area (Å²) in [5.74, 6) is -3.35. The molecule has 1 aliphatic heterocycles. The molecule has 1 aliphatic rings. The molecule has 0 aromatic heterocycles. The van der Waals surface area contributed by atoms with E-state index in [0.717, 1.165) is 5.56 Å². The molecular weight excluding hydrogens is 581 g/mol. The number of benzene rings is 1. The lowest BCUT2D eigenvalue weighted by Crippen LogP contribution is -2.48. The number of halogens is 1. The van der Waals surface area contributed by atoms with E-state index in [9.17, 15) is 28.4 Å². The van der Waals surface area contributed by atoms with Gasteiger partial charge in [0, 0.05) is 37.8 Å². The molecule has 1 fully saturated rings. The maximum Gasteiger partial charge on any atom is 0.408 e. The second-order valence-corrected chi connectivity index (χ2v) is 12.5. The van der Waals surface area contributed by atoms with Crippen LogP contribution < -0.4 is 16.8 Å². The van der Waals surface area contributed by atoms with Crippen molar-refractivity contribution in [2.75, 3.05) is 19.8 Å². The SMILES string of the molecule is CC(C)C[C@H](NC(=O)OCc1ccccc1)C(=O)C[C@H](C(=O)N1CCC[C@H]1C(=O)C[C@@H](CCCN=C(N)N)C(=O)CF)C(C)C. The number of ketones is 3. The molecule has 11 nitrogen and oxygen atoms in total. The van der Waals surface area contributed by atoms with Crippen LogP contribution in [0, 0.1) is 23.7 Å². The van der Waals surface area contributed by atoms with Gasteiger partial charge in [-0.2, -0.15) is 0 Å². The van der Waals surface area contributed by atoms with Gasteiger partial charge in [0.05, 0.1) is 12.1 Å². The van der Waals surface area contributed by atoms with E-state index in [1.165, 1.54) is 4.90 Å². The number of Topliss-reactive ketones (excluding diaryl/α,β-unsaturated/α-hetero) is 3. The van der Waals surface area contributed by atoms with Crippen molar-refractivity contribution in [2.24, 2.45) is 40.1 Å². The Kier molecular flexibility index (Phi) is 15.7. The highest BCUT2D eigenvalue weighted by molar-refractivity contribution is 5.96. The molecule has 0 spiro atoms. The minimum absolute atomic E-state index is 0.0563. The molecule has 0 unspecified atom stereocenters. The summed E-state index contributed by atoms with van der Waals surface area (Å²) in [6.45, 7) is 7.02. The van der Waals surface area contributed by atoms with E-state index < -0.39 is 42.5 Å². The second kappa shape index (κ2) is 18.9. The minimum atomic E-state index is -1.18. The Labute approximate surface area is 265 Å².